The van der Waals surface area contributed by atoms with Gasteiger partial charge in [-0.15, -0.1) is 11.3 Å². The minimum atomic E-state index is -0.979. The third-order valence-corrected chi connectivity index (χ3v) is 4.19. The van der Waals surface area contributed by atoms with Crippen molar-refractivity contribution in [2.45, 2.75) is 19.8 Å². The van der Waals surface area contributed by atoms with E-state index < -0.39 is 5.97 Å². The van der Waals surface area contributed by atoms with E-state index in [-0.39, 0.29) is 10.8 Å². The molecule has 1 N–H and O–H groups in total. The lowest BCUT2D eigenvalue weighted by Crippen LogP contribution is -2.40. The molecule has 1 amide bonds. The molecule has 0 radical (unpaired) electrons. The van der Waals surface area contributed by atoms with Gasteiger partial charge >= 0.3 is 5.97 Å². The van der Waals surface area contributed by atoms with Crippen molar-refractivity contribution in [3.05, 3.63) is 15.8 Å². The third-order valence-electron chi connectivity index (χ3n) is 3.17. The standard InChI is InChI=1S/C14H19NO5S/c1-10-9-11(13(21-10)14(17)18)20-6-2-3-12(16)15-4-7-19-8-5-15/h9H,2-8H2,1H3,(H,17,18). The van der Waals surface area contributed by atoms with E-state index in [2.05, 4.69) is 0 Å². The second kappa shape index (κ2) is 7.42. The summed E-state index contributed by atoms with van der Waals surface area (Å²) in [5.74, 6) is -0.488. The summed E-state index contributed by atoms with van der Waals surface area (Å²) in [7, 11) is 0. The molecule has 1 aromatic rings. The van der Waals surface area contributed by atoms with Crippen LogP contribution in [-0.4, -0.2) is 54.8 Å². The van der Waals surface area contributed by atoms with Gasteiger partial charge in [0.2, 0.25) is 5.91 Å². The summed E-state index contributed by atoms with van der Waals surface area (Å²) in [6.07, 6.45) is 0.982. The highest BCUT2D eigenvalue weighted by molar-refractivity contribution is 7.14. The Morgan fingerprint density at radius 3 is 2.81 bits per heavy atom. The molecule has 1 saturated heterocycles. The quantitative estimate of drug-likeness (QED) is 0.810. The van der Waals surface area contributed by atoms with E-state index >= 15 is 0 Å². The average molecular weight is 313 g/mol. The Hall–Kier alpha value is -1.60. The van der Waals surface area contributed by atoms with Crippen molar-refractivity contribution in [3.8, 4) is 5.75 Å². The van der Waals surface area contributed by atoms with Crippen LogP contribution in [0, 0.1) is 6.92 Å². The number of carboxylic acid groups (broad SMARTS) is 1. The van der Waals surface area contributed by atoms with Crippen LogP contribution >= 0.6 is 11.3 Å². The second-order valence-electron chi connectivity index (χ2n) is 4.80. The zero-order valence-corrected chi connectivity index (χ0v) is 12.8. The molecular formula is C14H19NO5S. The minimum absolute atomic E-state index is 0.0989. The molecule has 1 aromatic heterocycles. The first-order chi connectivity index (χ1) is 10.1. The number of thiophene rings is 1. The maximum atomic E-state index is 11.9. The van der Waals surface area contributed by atoms with Gasteiger partial charge in [-0.2, -0.15) is 0 Å². The molecule has 2 heterocycles. The zero-order valence-electron chi connectivity index (χ0n) is 12.0. The van der Waals surface area contributed by atoms with Crippen molar-refractivity contribution in [1.29, 1.82) is 0 Å². The van der Waals surface area contributed by atoms with Crippen molar-refractivity contribution in [3.63, 3.8) is 0 Å². The molecule has 1 aliphatic rings. The van der Waals surface area contributed by atoms with Gasteiger partial charge in [-0.1, -0.05) is 0 Å². The SMILES string of the molecule is Cc1cc(OCCCC(=O)N2CCOCC2)c(C(=O)O)s1. The number of hydrogen-bond acceptors (Lipinski definition) is 5. The first kappa shape index (κ1) is 15.8. The van der Waals surface area contributed by atoms with Gasteiger partial charge in [-0.25, -0.2) is 4.79 Å². The van der Waals surface area contributed by atoms with E-state index in [0.717, 1.165) is 4.88 Å². The third kappa shape index (κ3) is 4.44. The van der Waals surface area contributed by atoms with Crippen LogP contribution < -0.4 is 4.74 Å². The van der Waals surface area contributed by atoms with Crippen LogP contribution in [0.2, 0.25) is 0 Å². The van der Waals surface area contributed by atoms with Crippen molar-refractivity contribution in [2.24, 2.45) is 0 Å². The van der Waals surface area contributed by atoms with Gasteiger partial charge in [-0.05, 0) is 19.4 Å². The molecule has 2 rings (SSSR count). The molecule has 0 unspecified atom stereocenters. The molecule has 0 aliphatic carbocycles. The first-order valence-electron chi connectivity index (χ1n) is 6.90. The number of nitrogens with zero attached hydrogens (tertiary/aromatic N) is 1. The van der Waals surface area contributed by atoms with Crippen molar-refractivity contribution in [2.75, 3.05) is 32.9 Å². The number of morpholine rings is 1. The molecule has 7 heteroatoms. The Bertz CT molecular complexity index is 507. The molecule has 0 atom stereocenters. The molecule has 0 spiro atoms. The van der Waals surface area contributed by atoms with Gasteiger partial charge in [0.05, 0.1) is 19.8 Å². The maximum Gasteiger partial charge on any atom is 0.349 e. The fourth-order valence-corrected chi connectivity index (χ4v) is 2.92. The average Bonchev–Trinajstić information content (AvgIpc) is 2.85. The molecule has 1 fully saturated rings. The van der Waals surface area contributed by atoms with E-state index in [1.165, 1.54) is 11.3 Å². The number of hydrogen-bond donors (Lipinski definition) is 1. The highest BCUT2D eigenvalue weighted by Crippen LogP contribution is 2.28. The predicted molar refractivity (Wildman–Crippen MR) is 78.1 cm³/mol. The fraction of sp³-hybridized carbons (Fsp3) is 0.571. The number of amides is 1. The largest absolute Gasteiger partial charge is 0.492 e. The number of aryl methyl sites for hydroxylation is 1. The summed E-state index contributed by atoms with van der Waals surface area (Å²) in [6, 6.07) is 1.72. The van der Waals surface area contributed by atoms with Crippen LogP contribution in [-0.2, 0) is 9.53 Å². The number of rotatable bonds is 6. The highest BCUT2D eigenvalue weighted by atomic mass is 32.1. The van der Waals surface area contributed by atoms with Gasteiger partial charge in [0.25, 0.3) is 0 Å². The molecule has 21 heavy (non-hydrogen) atoms. The molecular weight excluding hydrogens is 294 g/mol. The number of carbonyl (C=O) groups is 2. The summed E-state index contributed by atoms with van der Waals surface area (Å²) in [6.45, 7) is 4.66. The topological polar surface area (TPSA) is 76.1 Å². The Morgan fingerprint density at radius 2 is 2.14 bits per heavy atom. The molecule has 1 aliphatic heterocycles. The van der Waals surface area contributed by atoms with Gasteiger partial charge in [-0.3, -0.25) is 4.79 Å². The van der Waals surface area contributed by atoms with Gasteiger partial charge in [0.1, 0.15) is 5.75 Å². The molecule has 0 saturated carbocycles. The normalized spacial score (nSPS) is 15.0. The fourth-order valence-electron chi connectivity index (χ4n) is 2.12. The summed E-state index contributed by atoms with van der Waals surface area (Å²) >= 11 is 1.20. The smallest absolute Gasteiger partial charge is 0.349 e. The van der Waals surface area contributed by atoms with E-state index in [0.29, 0.717) is 51.5 Å². The van der Waals surface area contributed by atoms with Crippen LogP contribution in [0.25, 0.3) is 0 Å². The van der Waals surface area contributed by atoms with Crippen LogP contribution in [0.1, 0.15) is 27.4 Å². The van der Waals surface area contributed by atoms with Gasteiger partial charge in [0.15, 0.2) is 4.88 Å². The first-order valence-corrected chi connectivity index (χ1v) is 7.71. The lowest BCUT2D eigenvalue weighted by atomic mass is 10.2. The van der Waals surface area contributed by atoms with E-state index in [9.17, 15) is 9.59 Å². The van der Waals surface area contributed by atoms with Crippen LogP contribution in [0.15, 0.2) is 6.07 Å². The van der Waals surface area contributed by atoms with Crippen molar-refractivity contribution >= 4 is 23.2 Å². The Morgan fingerprint density at radius 1 is 1.43 bits per heavy atom. The monoisotopic (exact) mass is 313 g/mol. The summed E-state index contributed by atoms with van der Waals surface area (Å²) in [4.78, 5) is 25.9. The lowest BCUT2D eigenvalue weighted by Gasteiger charge is -2.26. The molecule has 0 aromatic carbocycles. The number of carboxylic acids is 1. The van der Waals surface area contributed by atoms with E-state index in [4.69, 9.17) is 14.6 Å². The van der Waals surface area contributed by atoms with Crippen LogP contribution in [0.4, 0.5) is 0 Å². The van der Waals surface area contributed by atoms with Crippen LogP contribution in [0.3, 0.4) is 0 Å². The summed E-state index contributed by atoms with van der Waals surface area (Å²) in [5, 5.41) is 9.05. The van der Waals surface area contributed by atoms with Crippen LogP contribution in [0.5, 0.6) is 5.75 Å². The Labute approximate surface area is 127 Å². The summed E-state index contributed by atoms with van der Waals surface area (Å²) < 4.78 is 10.7. The van der Waals surface area contributed by atoms with E-state index in [1.54, 1.807) is 11.0 Å². The maximum absolute atomic E-state index is 11.9. The van der Waals surface area contributed by atoms with Crippen molar-refractivity contribution < 1.29 is 24.2 Å². The lowest BCUT2D eigenvalue weighted by molar-refractivity contribution is -0.135. The highest BCUT2D eigenvalue weighted by Gasteiger charge is 2.17. The number of ether oxygens (including phenoxy) is 2. The minimum Gasteiger partial charge on any atom is -0.492 e. The van der Waals surface area contributed by atoms with Gasteiger partial charge < -0.3 is 19.5 Å². The molecule has 6 nitrogen and oxygen atoms in total. The Kier molecular flexibility index (Phi) is 5.58. The zero-order chi connectivity index (χ0) is 15.2. The molecule has 0 bridgehead atoms. The second-order valence-corrected chi connectivity index (χ2v) is 6.06. The van der Waals surface area contributed by atoms with Crippen molar-refractivity contribution in [1.82, 2.24) is 4.90 Å². The molecule has 116 valence electrons. The number of aromatic carboxylic acids is 1. The van der Waals surface area contributed by atoms with E-state index in [1.807, 2.05) is 6.92 Å². The number of carbonyl (C=O) groups excluding carboxylic acids is 1. The van der Waals surface area contributed by atoms with Gasteiger partial charge in [0, 0.05) is 24.4 Å². The predicted octanol–water partition coefficient (Wildman–Crippen LogP) is 1.77. The summed E-state index contributed by atoms with van der Waals surface area (Å²) in [5.41, 5.74) is 0. The Balaban J connectivity index is 1.74.